The zero-order valence-electron chi connectivity index (χ0n) is 11.4. The van der Waals surface area contributed by atoms with E-state index in [-0.39, 0.29) is 0 Å². The van der Waals surface area contributed by atoms with Crippen molar-refractivity contribution in [2.45, 2.75) is 51.7 Å². The Morgan fingerprint density at radius 2 is 2.24 bits per heavy atom. The summed E-state index contributed by atoms with van der Waals surface area (Å²) < 4.78 is 0. The molecule has 1 aromatic heterocycles. The van der Waals surface area contributed by atoms with Crippen LogP contribution in [0.3, 0.4) is 0 Å². The molecular formula is C14H24N2S. The first-order chi connectivity index (χ1) is 8.11. The van der Waals surface area contributed by atoms with Crippen molar-refractivity contribution in [3.63, 3.8) is 0 Å². The van der Waals surface area contributed by atoms with Gasteiger partial charge in [0.2, 0.25) is 0 Å². The van der Waals surface area contributed by atoms with E-state index in [1.54, 1.807) is 0 Å². The molecule has 1 aliphatic rings. The summed E-state index contributed by atoms with van der Waals surface area (Å²) in [6, 6.07) is 6.49. The Morgan fingerprint density at radius 3 is 2.76 bits per heavy atom. The first-order valence-corrected chi connectivity index (χ1v) is 7.42. The summed E-state index contributed by atoms with van der Waals surface area (Å²) in [5.41, 5.74) is 0. The van der Waals surface area contributed by atoms with Gasteiger partial charge in [-0.15, -0.1) is 11.3 Å². The fourth-order valence-electron chi connectivity index (χ4n) is 2.87. The van der Waals surface area contributed by atoms with E-state index >= 15 is 0 Å². The molecule has 1 fully saturated rings. The van der Waals surface area contributed by atoms with Crippen LogP contribution < -0.4 is 5.32 Å². The lowest BCUT2D eigenvalue weighted by molar-refractivity contribution is 0.0990. The van der Waals surface area contributed by atoms with Gasteiger partial charge in [0.25, 0.3) is 0 Å². The van der Waals surface area contributed by atoms with Gasteiger partial charge >= 0.3 is 0 Å². The van der Waals surface area contributed by atoms with Crippen LogP contribution in [0.5, 0.6) is 0 Å². The van der Waals surface area contributed by atoms with E-state index < -0.39 is 0 Å². The second-order valence-electron chi connectivity index (χ2n) is 5.22. The minimum atomic E-state index is 0.571. The third-order valence-electron chi connectivity index (χ3n) is 4.01. The van der Waals surface area contributed by atoms with Crippen molar-refractivity contribution in [3.8, 4) is 0 Å². The number of nitrogens with one attached hydrogen (secondary N) is 1. The first kappa shape index (κ1) is 13.1. The smallest absolute Gasteiger partial charge is 0.0416 e. The number of likely N-dealkylation sites (tertiary alicyclic amines) is 1. The Kier molecular flexibility index (Phi) is 4.23. The highest BCUT2D eigenvalue weighted by atomic mass is 32.1. The van der Waals surface area contributed by atoms with Gasteiger partial charge < -0.3 is 5.32 Å². The maximum atomic E-state index is 3.41. The van der Waals surface area contributed by atoms with Crippen LogP contribution in [0.25, 0.3) is 0 Å². The van der Waals surface area contributed by atoms with Gasteiger partial charge in [-0.05, 0) is 52.8 Å². The summed E-state index contributed by atoms with van der Waals surface area (Å²) in [6.45, 7) is 8.12. The molecule has 0 amide bonds. The van der Waals surface area contributed by atoms with Gasteiger partial charge in [-0.25, -0.2) is 0 Å². The van der Waals surface area contributed by atoms with Crippen molar-refractivity contribution in [1.82, 2.24) is 10.2 Å². The molecule has 2 rings (SSSR count). The Hall–Kier alpha value is -0.380. The molecule has 2 heterocycles. The summed E-state index contributed by atoms with van der Waals surface area (Å²) in [4.78, 5) is 5.58. The molecule has 3 heteroatoms. The monoisotopic (exact) mass is 252 g/mol. The molecular weight excluding hydrogens is 228 g/mol. The number of thiophene rings is 1. The van der Waals surface area contributed by atoms with Gasteiger partial charge in [-0.3, -0.25) is 4.90 Å². The largest absolute Gasteiger partial charge is 0.317 e. The first-order valence-electron chi connectivity index (χ1n) is 6.61. The topological polar surface area (TPSA) is 15.3 Å². The summed E-state index contributed by atoms with van der Waals surface area (Å²) in [5, 5.41) is 3.41. The van der Waals surface area contributed by atoms with E-state index in [9.17, 15) is 0 Å². The van der Waals surface area contributed by atoms with Crippen molar-refractivity contribution < 1.29 is 0 Å². The molecule has 1 aromatic rings. The van der Waals surface area contributed by atoms with Crippen LogP contribution in [-0.2, 0) is 0 Å². The number of aryl methyl sites for hydroxylation is 1. The average Bonchev–Trinajstić information content (AvgIpc) is 2.75. The van der Waals surface area contributed by atoms with Crippen LogP contribution in [0.4, 0.5) is 0 Å². The molecule has 1 N–H and O–H groups in total. The van der Waals surface area contributed by atoms with Crippen LogP contribution in [-0.4, -0.2) is 30.6 Å². The van der Waals surface area contributed by atoms with E-state index in [1.807, 2.05) is 11.3 Å². The lowest BCUT2D eigenvalue weighted by Crippen LogP contribution is -2.47. The Bertz CT molecular complexity index is 361. The maximum Gasteiger partial charge on any atom is 0.0416 e. The molecule has 1 aliphatic heterocycles. The molecule has 0 spiro atoms. The Balaban J connectivity index is 2.03. The predicted octanol–water partition coefficient (Wildman–Crippen LogP) is 3.19. The van der Waals surface area contributed by atoms with Gasteiger partial charge in [0.1, 0.15) is 0 Å². The minimum absolute atomic E-state index is 0.571. The average molecular weight is 252 g/mol. The molecule has 0 aliphatic carbocycles. The molecule has 2 nitrogen and oxygen atoms in total. The van der Waals surface area contributed by atoms with Gasteiger partial charge in [0.05, 0.1) is 0 Å². The van der Waals surface area contributed by atoms with Gasteiger partial charge in [-0.1, -0.05) is 0 Å². The van der Waals surface area contributed by atoms with Crippen molar-refractivity contribution in [1.29, 1.82) is 0 Å². The number of rotatable bonds is 3. The van der Waals surface area contributed by atoms with Crippen molar-refractivity contribution in [2.24, 2.45) is 0 Å². The van der Waals surface area contributed by atoms with Crippen molar-refractivity contribution >= 4 is 11.3 Å². The summed E-state index contributed by atoms with van der Waals surface area (Å²) in [7, 11) is 2.08. The summed E-state index contributed by atoms with van der Waals surface area (Å²) >= 11 is 1.94. The number of hydrogen-bond acceptors (Lipinski definition) is 3. The summed E-state index contributed by atoms with van der Waals surface area (Å²) in [6.07, 6.45) is 2.54. The molecule has 1 saturated heterocycles. The quantitative estimate of drug-likeness (QED) is 0.889. The van der Waals surface area contributed by atoms with Gasteiger partial charge in [-0.2, -0.15) is 0 Å². The molecule has 3 atom stereocenters. The number of piperidine rings is 1. The van der Waals surface area contributed by atoms with E-state index in [4.69, 9.17) is 0 Å². The molecule has 0 saturated carbocycles. The SMILES string of the molecule is CNC1CCN(C(C)c2ccc(C)s2)C(C)C1. The third-order valence-corrected chi connectivity index (χ3v) is 5.18. The molecule has 0 bridgehead atoms. The highest BCUT2D eigenvalue weighted by Gasteiger charge is 2.28. The van der Waals surface area contributed by atoms with Crippen molar-refractivity contribution in [2.75, 3.05) is 13.6 Å². The van der Waals surface area contributed by atoms with Crippen molar-refractivity contribution in [3.05, 3.63) is 21.9 Å². The lowest BCUT2D eigenvalue weighted by atomic mass is 9.96. The fourth-order valence-corrected chi connectivity index (χ4v) is 3.82. The molecule has 0 radical (unpaired) electrons. The fraction of sp³-hybridized carbons (Fsp3) is 0.714. The van der Waals surface area contributed by atoms with Crippen LogP contribution in [0.1, 0.15) is 42.5 Å². The highest BCUT2D eigenvalue weighted by molar-refractivity contribution is 7.12. The Labute approximate surface area is 109 Å². The Morgan fingerprint density at radius 1 is 1.47 bits per heavy atom. The second kappa shape index (κ2) is 5.51. The summed E-state index contributed by atoms with van der Waals surface area (Å²) in [5.74, 6) is 0. The normalized spacial score (nSPS) is 28.2. The van der Waals surface area contributed by atoms with E-state index in [1.165, 1.54) is 29.1 Å². The standard InChI is InChI=1S/C14H24N2S/c1-10-9-13(15-4)7-8-16(10)12(3)14-6-5-11(2)17-14/h5-6,10,12-13,15H,7-9H2,1-4H3. The molecule has 96 valence electrons. The number of hydrogen-bond donors (Lipinski definition) is 1. The van der Waals surface area contributed by atoms with Crippen LogP contribution in [0, 0.1) is 6.92 Å². The van der Waals surface area contributed by atoms with Crippen LogP contribution in [0.15, 0.2) is 12.1 Å². The minimum Gasteiger partial charge on any atom is -0.317 e. The number of nitrogens with zero attached hydrogens (tertiary/aromatic N) is 1. The lowest BCUT2D eigenvalue weighted by Gasteiger charge is -2.41. The zero-order valence-corrected chi connectivity index (χ0v) is 12.2. The van der Waals surface area contributed by atoms with Gasteiger partial charge in [0, 0.05) is 34.4 Å². The predicted molar refractivity (Wildman–Crippen MR) is 75.7 cm³/mol. The van der Waals surface area contributed by atoms with Crippen LogP contribution in [0.2, 0.25) is 0 Å². The van der Waals surface area contributed by atoms with E-state index in [0.717, 1.165) is 0 Å². The molecule has 17 heavy (non-hydrogen) atoms. The zero-order chi connectivity index (χ0) is 12.4. The highest BCUT2D eigenvalue weighted by Crippen LogP contribution is 2.31. The van der Waals surface area contributed by atoms with Gasteiger partial charge in [0.15, 0.2) is 0 Å². The molecule has 0 aromatic carbocycles. The van der Waals surface area contributed by atoms with E-state index in [0.29, 0.717) is 18.1 Å². The third kappa shape index (κ3) is 2.90. The van der Waals surface area contributed by atoms with E-state index in [2.05, 4.69) is 50.2 Å². The second-order valence-corrected chi connectivity index (χ2v) is 6.54. The van der Waals surface area contributed by atoms with Crippen LogP contribution >= 0.6 is 11.3 Å². The maximum absolute atomic E-state index is 3.41. The molecule has 3 unspecified atom stereocenters.